The molecule has 1 aromatic carbocycles. The lowest BCUT2D eigenvalue weighted by Gasteiger charge is -2.10. The summed E-state index contributed by atoms with van der Waals surface area (Å²) in [5.41, 5.74) is 1.22. The van der Waals surface area contributed by atoms with Gasteiger partial charge in [-0.1, -0.05) is 37.3 Å². The van der Waals surface area contributed by atoms with Crippen molar-refractivity contribution in [3.8, 4) is 0 Å². The summed E-state index contributed by atoms with van der Waals surface area (Å²) in [6, 6.07) is 10.3. The summed E-state index contributed by atoms with van der Waals surface area (Å²) in [6.07, 6.45) is 3.97. The lowest BCUT2D eigenvalue weighted by Crippen LogP contribution is -2.38. The highest BCUT2D eigenvalue weighted by Crippen LogP contribution is 2.13. The topological polar surface area (TPSA) is 49.3 Å². The van der Waals surface area contributed by atoms with Gasteiger partial charge in [0.1, 0.15) is 0 Å². The Morgan fingerprint density at radius 2 is 2.00 bits per heavy atom. The first-order valence-corrected chi connectivity index (χ1v) is 8.63. The molecule has 0 aliphatic carbocycles. The lowest BCUT2D eigenvalue weighted by atomic mass is 10.2. The Labute approximate surface area is 136 Å². The van der Waals surface area contributed by atoms with Crippen LogP contribution in [0.25, 0.3) is 0 Å². The molecule has 0 aliphatic rings. The Morgan fingerprint density at radius 1 is 1.18 bits per heavy atom. The smallest absolute Gasteiger partial charge is 0.191 e. The average Bonchev–Trinajstić information content (AvgIpc) is 3.01. The number of nitrogens with zero attached hydrogens (tertiary/aromatic N) is 2. The lowest BCUT2D eigenvalue weighted by molar-refractivity contribution is 0.796. The molecule has 0 spiro atoms. The van der Waals surface area contributed by atoms with Gasteiger partial charge in [0.05, 0.1) is 11.6 Å². The number of guanidine groups is 1. The standard InChI is InChI=1S/C17H24N4S/c1-3-15-13-20-16(22-15)10-11-19-17(18-4-2)21-12-14-8-6-5-7-9-14/h5-9,13H,3-4,10-12H2,1-2H3,(H2,18,19,21). The monoisotopic (exact) mass is 316 g/mol. The first kappa shape index (κ1) is 16.5. The van der Waals surface area contributed by atoms with E-state index >= 15 is 0 Å². The zero-order valence-electron chi connectivity index (χ0n) is 13.3. The van der Waals surface area contributed by atoms with Crippen LogP contribution < -0.4 is 10.6 Å². The van der Waals surface area contributed by atoms with Gasteiger partial charge in [0.25, 0.3) is 0 Å². The molecule has 0 unspecified atom stereocenters. The number of aromatic nitrogens is 1. The number of rotatable bonds is 7. The first-order valence-electron chi connectivity index (χ1n) is 7.81. The Balaban J connectivity index is 1.83. The fourth-order valence-electron chi connectivity index (χ4n) is 2.01. The molecule has 1 heterocycles. The Hall–Kier alpha value is -1.88. The van der Waals surface area contributed by atoms with Gasteiger partial charge in [-0.05, 0) is 18.9 Å². The third-order valence-corrected chi connectivity index (χ3v) is 4.39. The van der Waals surface area contributed by atoms with Gasteiger partial charge in [0.15, 0.2) is 5.96 Å². The molecule has 0 aliphatic heterocycles. The highest BCUT2D eigenvalue weighted by molar-refractivity contribution is 7.11. The number of benzene rings is 1. The number of thiazole rings is 1. The van der Waals surface area contributed by atoms with E-state index in [2.05, 4.69) is 46.6 Å². The quantitative estimate of drug-likeness (QED) is 0.610. The van der Waals surface area contributed by atoms with Crippen LogP contribution in [-0.4, -0.2) is 24.0 Å². The van der Waals surface area contributed by atoms with Crippen molar-refractivity contribution in [1.29, 1.82) is 0 Å². The van der Waals surface area contributed by atoms with Crippen molar-refractivity contribution in [2.24, 2.45) is 4.99 Å². The van der Waals surface area contributed by atoms with E-state index in [9.17, 15) is 0 Å². The van der Waals surface area contributed by atoms with Crippen LogP contribution in [0.2, 0.25) is 0 Å². The number of hydrogen-bond acceptors (Lipinski definition) is 3. The summed E-state index contributed by atoms with van der Waals surface area (Å²) in [4.78, 5) is 10.4. The molecular formula is C17H24N4S. The fraction of sp³-hybridized carbons (Fsp3) is 0.412. The van der Waals surface area contributed by atoms with Gasteiger partial charge in [-0.25, -0.2) is 9.98 Å². The maximum absolute atomic E-state index is 4.61. The second-order valence-corrected chi connectivity index (χ2v) is 6.13. The molecule has 22 heavy (non-hydrogen) atoms. The minimum Gasteiger partial charge on any atom is -0.357 e. The predicted molar refractivity (Wildman–Crippen MR) is 94.5 cm³/mol. The van der Waals surface area contributed by atoms with E-state index in [1.54, 1.807) is 11.3 Å². The molecule has 0 fully saturated rings. The molecule has 5 heteroatoms. The summed E-state index contributed by atoms with van der Waals surface area (Å²) >= 11 is 1.80. The van der Waals surface area contributed by atoms with Crippen LogP contribution in [0.1, 0.15) is 29.3 Å². The van der Waals surface area contributed by atoms with Crippen molar-refractivity contribution in [3.05, 3.63) is 52.0 Å². The molecule has 0 amide bonds. The maximum Gasteiger partial charge on any atom is 0.191 e. The van der Waals surface area contributed by atoms with Crippen molar-refractivity contribution >= 4 is 17.3 Å². The number of aliphatic imine (C=N–C) groups is 1. The highest BCUT2D eigenvalue weighted by Gasteiger charge is 2.02. The van der Waals surface area contributed by atoms with Crippen LogP contribution in [0.5, 0.6) is 0 Å². The van der Waals surface area contributed by atoms with E-state index in [0.717, 1.165) is 31.9 Å². The number of hydrogen-bond donors (Lipinski definition) is 2. The van der Waals surface area contributed by atoms with Gasteiger partial charge in [0, 0.05) is 30.6 Å². The first-order chi connectivity index (χ1) is 10.8. The molecule has 0 atom stereocenters. The van der Waals surface area contributed by atoms with E-state index in [0.29, 0.717) is 6.54 Å². The zero-order chi connectivity index (χ0) is 15.6. The van der Waals surface area contributed by atoms with Gasteiger partial charge in [-0.15, -0.1) is 11.3 Å². The largest absolute Gasteiger partial charge is 0.357 e. The van der Waals surface area contributed by atoms with E-state index in [-0.39, 0.29) is 0 Å². The van der Waals surface area contributed by atoms with Crippen molar-refractivity contribution in [1.82, 2.24) is 15.6 Å². The van der Waals surface area contributed by atoms with E-state index in [4.69, 9.17) is 0 Å². The van der Waals surface area contributed by atoms with Crippen LogP contribution in [0, 0.1) is 0 Å². The average molecular weight is 316 g/mol. The number of nitrogens with one attached hydrogen (secondary N) is 2. The Bertz CT molecular complexity index is 577. The molecule has 0 radical (unpaired) electrons. The molecule has 1 aromatic heterocycles. The third-order valence-electron chi connectivity index (χ3n) is 3.19. The molecule has 2 aromatic rings. The molecule has 2 rings (SSSR count). The van der Waals surface area contributed by atoms with Crippen LogP contribution in [0.15, 0.2) is 41.5 Å². The fourth-order valence-corrected chi connectivity index (χ4v) is 2.87. The van der Waals surface area contributed by atoms with Crippen LogP contribution >= 0.6 is 11.3 Å². The minimum absolute atomic E-state index is 0.688. The predicted octanol–water partition coefficient (Wildman–Crippen LogP) is 3.00. The second kappa shape index (κ2) is 9.20. The number of aryl methyl sites for hydroxylation is 1. The van der Waals surface area contributed by atoms with Gasteiger partial charge in [0.2, 0.25) is 0 Å². The van der Waals surface area contributed by atoms with Crippen molar-refractivity contribution in [2.45, 2.75) is 33.2 Å². The van der Waals surface area contributed by atoms with Crippen LogP contribution in [0.3, 0.4) is 0 Å². The summed E-state index contributed by atoms with van der Waals surface area (Å²) in [5, 5.41) is 7.83. The van der Waals surface area contributed by atoms with Gasteiger partial charge >= 0.3 is 0 Å². The zero-order valence-corrected chi connectivity index (χ0v) is 14.1. The van der Waals surface area contributed by atoms with E-state index < -0.39 is 0 Å². The van der Waals surface area contributed by atoms with E-state index in [1.807, 2.05) is 24.4 Å². The summed E-state index contributed by atoms with van der Waals surface area (Å²) in [7, 11) is 0. The van der Waals surface area contributed by atoms with Gasteiger partial charge < -0.3 is 10.6 Å². The van der Waals surface area contributed by atoms with Crippen molar-refractivity contribution in [2.75, 3.05) is 13.1 Å². The molecule has 0 saturated heterocycles. The van der Waals surface area contributed by atoms with Gasteiger partial charge in [-0.2, -0.15) is 0 Å². The van der Waals surface area contributed by atoms with Gasteiger partial charge in [-0.3, -0.25) is 0 Å². The SMILES string of the molecule is CCNC(=NCc1ccccc1)NCCc1ncc(CC)s1. The second-order valence-electron chi connectivity index (χ2n) is 4.93. The summed E-state index contributed by atoms with van der Waals surface area (Å²) in [6.45, 7) is 6.63. The molecule has 0 saturated carbocycles. The molecular weight excluding hydrogens is 292 g/mol. The van der Waals surface area contributed by atoms with Crippen molar-refractivity contribution in [3.63, 3.8) is 0 Å². The molecule has 0 bridgehead atoms. The Kier molecular flexibility index (Phi) is 6.90. The minimum atomic E-state index is 0.688. The highest BCUT2D eigenvalue weighted by atomic mass is 32.1. The third kappa shape index (κ3) is 5.48. The molecule has 118 valence electrons. The molecule has 4 nitrogen and oxygen atoms in total. The maximum atomic E-state index is 4.61. The molecule has 2 N–H and O–H groups in total. The summed E-state index contributed by atoms with van der Waals surface area (Å²) in [5.74, 6) is 0.860. The van der Waals surface area contributed by atoms with Crippen molar-refractivity contribution < 1.29 is 0 Å². The van der Waals surface area contributed by atoms with Crippen LogP contribution in [-0.2, 0) is 19.4 Å². The summed E-state index contributed by atoms with van der Waals surface area (Å²) < 4.78 is 0. The van der Waals surface area contributed by atoms with E-state index in [1.165, 1.54) is 15.4 Å². The van der Waals surface area contributed by atoms with Crippen LogP contribution in [0.4, 0.5) is 0 Å². The Morgan fingerprint density at radius 3 is 2.68 bits per heavy atom. The normalized spacial score (nSPS) is 11.5.